The number of aryl methyl sites for hydroxylation is 1. The summed E-state index contributed by atoms with van der Waals surface area (Å²) in [6.07, 6.45) is 0.108. The van der Waals surface area contributed by atoms with E-state index in [1.165, 1.54) is 7.11 Å². The van der Waals surface area contributed by atoms with Gasteiger partial charge in [0, 0.05) is 10.4 Å². The number of halogens is 1. The number of hydrogen-bond donors (Lipinski definition) is 0. The van der Waals surface area contributed by atoms with Gasteiger partial charge >= 0.3 is 11.9 Å². The van der Waals surface area contributed by atoms with Gasteiger partial charge in [0.15, 0.2) is 0 Å². The first-order valence-electron chi connectivity index (χ1n) is 8.36. The van der Waals surface area contributed by atoms with Gasteiger partial charge in [0.1, 0.15) is 6.61 Å². The predicted octanol–water partition coefficient (Wildman–Crippen LogP) is 4.27. The van der Waals surface area contributed by atoms with Gasteiger partial charge in [-0.05, 0) is 36.2 Å². The number of aromatic nitrogens is 1. The lowest BCUT2D eigenvalue weighted by Gasteiger charge is -2.13. The topological polar surface area (TPSA) is 65.5 Å². The zero-order valence-corrected chi connectivity index (χ0v) is 15.7. The van der Waals surface area contributed by atoms with E-state index in [9.17, 15) is 9.59 Å². The van der Waals surface area contributed by atoms with E-state index in [1.807, 2.05) is 31.2 Å². The molecule has 0 aliphatic rings. The maximum Gasteiger partial charge on any atom is 0.340 e. The van der Waals surface area contributed by atoms with Crippen molar-refractivity contribution in [1.82, 2.24) is 4.98 Å². The Morgan fingerprint density at radius 2 is 1.78 bits per heavy atom. The fourth-order valence-corrected chi connectivity index (χ4v) is 3.01. The minimum Gasteiger partial charge on any atom is -0.465 e. The lowest BCUT2D eigenvalue weighted by molar-refractivity contribution is -0.144. The summed E-state index contributed by atoms with van der Waals surface area (Å²) in [4.78, 5) is 28.9. The molecule has 0 N–H and O–H groups in total. The standard InChI is InChI=1S/C21H18ClNO4/c1-13-16-5-3-4-6-17(16)23-18(20(13)21(25)26-2)12-27-19(24)11-14-7-9-15(22)10-8-14/h3-10H,11-12H2,1-2H3. The average molecular weight is 384 g/mol. The largest absolute Gasteiger partial charge is 0.465 e. The van der Waals surface area contributed by atoms with Gasteiger partial charge in [0.25, 0.3) is 0 Å². The summed E-state index contributed by atoms with van der Waals surface area (Å²) in [5, 5.41) is 1.46. The summed E-state index contributed by atoms with van der Waals surface area (Å²) in [5.74, 6) is -0.921. The molecular formula is C21H18ClNO4. The summed E-state index contributed by atoms with van der Waals surface area (Å²) < 4.78 is 10.2. The van der Waals surface area contributed by atoms with Crippen molar-refractivity contribution in [3.05, 3.63) is 75.9 Å². The van der Waals surface area contributed by atoms with Gasteiger partial charge in [-0.3, -0.25) is 4.79 Å². The first kappa shape index (κ1) is 18.9. The highest BCUT2D eigenvalue weighted by Crippen LogP contribution is 2.24. The molecule has 138 valence electrons. The molecule has 0 unspecified atom stereocenters. The molecule has 0 radical (unpaired) electrons. The Morgan fingerprint density at radius 3 is 2.48 bits per heavy atom. The quantitative estimate of drug-likeness (QED) is 0.615. The number of benzene rings is 2. The maximum absolute atomic E-state index is 12.3. The fraction of sp³-hybridized carbons (Fsp3) is 0.190. The van der Waals surface area contributed by atoms with Gasteiger partial charge in [0.2, 0.25) is 0 Å². The summed E-state index contributed by atoms with van der Waals surface area (Å²) in [5.41, 5.74) is 2.97. The normalized spacial score (nSPS) is 10.6. The van der Waals surface area contributed by atoms with E-state index >= 15 is 0 Å². The molecule has 0 atom stereocenters. The minimum atomic E-state index is -0.505. The summed E-state index contributed by atoms with van der Waals surface area (Å²) in [7, 11) is 1.31. The third-order valence-corrected chi connectivity index (χ3v) is 4.50. The lowest BCUT2D eigenvalue weighted by atomic mass is 10.0. The highest BCUT2D eigenvalue weighted by molar-refractivity contribution is 6.30. The van der Waals surface area contributed by atoms with Crippen LogP contribution < -0.4 is 0 Å². The van der Waals surface area contributed by atoms with Crippen LogP contribution in [0.25, 0.3) is 10.9 Å². The van der Waals surface area contributed by atoms with Crippen LogP contribution in [0.4, 0.5) is 0 Å². The van der Waals surface area contributed by atoms with Crippen LogP contribution in [0.3, 0.4) is 0 Å². The van der Waals surface area contributed by atoms with Crippen molar-refractivity contribution in [2.24, 2.45) is 0 Å². The zero-order chi connectivity index (χ0) is 19.4. The molecule has 0 amide bonds. The summed E-state index contributed by atoms with van der Waals surface area (Å²) in [6.45, 7) is 1.72. The van der Waals surface area contributed by atoms with Gasteiger partial charge in [0.05, 0.1) is 30.3 Å². The van der Waals surface area contributed by atoms with Crippen LogP contribution in [-0.2, 0) is 27.3 Å². The van der Waals surface area contributed by atoms with E-state index in [-0.39, 0.29) is 13.0 Å². The second-order valence-electron chi connectivity index (χ2n) is 6.03. The number of para-hydroxylation sites is 1. The van der Waals surface area contributed by atoms with Crippen LogP contribution in [0.1, 0.15) is 27.2 Å². The highest BCUT2D eigenvalue weighted by atomic mass is 35.5. The van der Waals surface area contributed by atoms with Gasteiger partial charge < -0.3 is 9.47 Å². The Hall–Kier alpha value is -2.92. The number of methoxy groups -OCH3 is 1. The molecule has 1 heterocycles. The number of nitrogens with zero attached hydrogens (tertiary/aromatic N) is 1. The summed E-state index contributed by atoms with van der Waals surface area (Å²) in [6, 6.07) is 14.4. The lowest BCUT2D eigenvalue weighted by Crippen LogP contribution is -2.14. The molecule has 0 saturated carbocycles. The number of rotatable bonds is 5. The van der Waals surface area contributed by atoms with E-state index in [2.05, 4.69) is 4.98 Å². The molecule has 0 saturated heterocycles. The molecule has 0 spiro atoms. The van der Waals surface area contributed by atoms with Crippen molar-refractivity contribution in [2.45, 2.75) is 20.0 Å². The van der Waals surface area contributed by atoms with Crippen molar-refractivity contribution < 1.29 is 19.1 Å². The van der Waals surface area contributed by atoms with Crippen LogP contribution in [-0.4, -0.2) is 24.0 Å². The molecule has 0 aliphatic carbocycles. The maximum atomic E-state index is 12.3. The first-order valence-corrected chi connectivity index (χ1v) is 8.74. The second kappa shape index (κ2) is 8.18. The molecule has 2 aromatic carbocycles. The van der Waals surface area contributed by atoms with Crippen molar-refractivity contribution in [3.8, 4) is 0 Å². The number of esters is 2. The number of ether oxygens (including phenoxy) is 2. The molecule has 0 aliphatic heterocycles. The molecule has 0 fully saturated rings. The Kier molecular flexibility index (Phi) is 5.72. The highest BCUT2D eigenvalue weighted by Gasteiger charge is 2.20. The number of carbonyl (C=O) groups is 2. The Balaban J connectivity index is 1.83. The smallest absolute Gasteiger partial charge is 0.340 e. The third-order valence-electron chi connectivity index (χ3n) is 4.25. The van der Waals surface area contributed by atoms with Gasteiger partial charge in [-0.15, -0.1) is 0 Å². The Morgan fingerprint density at radius 1 is 1.07 bits per heavy atom. The van der Waals surface area contributed by atoms with Crippen LogP contribution in [0, 0.1) is 6.92 Å². The molecular weight excluding hydrogens is 366 g/mol. The Labute approximate surface area is 161 Å². The molecule has 3 rings (SSSR count). The average Bonchev–Trinajstić information content (AvgIpc) is 2.68. The van der Waals surface area contributed by atoms with E-state index in [1.54, 1.807) is 24.3 Å². The van der Waals surface area contributed by atoms with Crippen molar-refractivity contribution >= 4 is 34.4 Å². The Bertz CT molecular complexity index is 999. The SMILES string of the molecule is COC(=O)c1c(COC(=O)Cc2ccc(Cl)cc2)nc2ccccc2c1C. The zero-order valence-electron chi connectivity index (χ0n) is 15.0. The van der Waals surface area contributed by atoms with Crippen LogP contribution in [0.15, 0.2) is 48.5 Å². The molecule has 1 aromatic heterocycles. The van der Waals surface area contributed by atoms with Crippen LogP contribution in [0.2, 0.25) is 5.02 Å². The summed E-state index contributed by atoms with van der Waals surface area (Å²) >= 11 is 5.84. The van der Waals surface area contributed by atoms with Crippen molar-refractivity contribution in [3.63, 3.8) is 0 Å². The van der Waals surface area contributed by atoms with Gasteiger partial charge in [-0.25, -0.2) is 9.78 Å². The van der Waals surface area contributed by atoms with E-state index < -0.39 is 11.9 Å². The number of fused-ring (bicyclic) bond motifs is 1. The molecule has 3 aromatic rings. The number of pyridine rings is 1. The first-order chi connectivity index (χ1) is 13.0. The molecule has 0 bridgehead atoms. The minimum absolute atomic E-state index is 0.108. The van der Waals surface area contributed by atoms with E-state index in [0.29, 0.717) is 16.3 Å². The van der Waals surface area contributed by atoms with Gasteiger partial charge in [-0.1, -0.05) is 41.9 Å². The molecule has 6 heteroatoms. The second-order valence-corrected chi connectivity index (χ2v) is 6.47. The van der Waals surface area contributed by atoms with Crippen LogP contribution >= 0.6 is 11.6 Å². The molecule has 5 nitrogen and oxygen atoms in total. The van der Waals surface area contributed by atoms with E-state index in [4.69, 9.17) is 21.1 Å². The third kappa shape index (κ3) is 4.26. The van der Waals surface area contributed by atoms with Gasteiger partial charge in [-0.2, -0.15) is 0 Å². The number of carbonyl (C=O) groups excluding carboxylic acids is 2. The monoisotopic (exact) mass is 383 g/mol. The van der Waals surface area contributed by atoms with Crippen molar-refractivity contribution in [2.75, 3.05) is 7.11 Å². The predicted molar refractivity (Wildman–Crippen MR) is 103 cm³/mol. The van der Waals surface area contributed by atoms with E-state index in [0.717, 1.165) is 22.0 Å². The number of hydrogen-bond acceptors (Lipinski definition) is 5. The van der Waals surface area contributed by atoms with Crippen LogP contribution in [0.5, 0.6) is 0 Å². The fourth-order valence-electron chi connectivity index (χ4n) is 2.89. The molecule has 27 heavy (non-hydrogen) atoms. The van der Waals surface area contributed by atoms with Crippen molar-refractivity contribution in [1.29, 1.82) is 0 Å².